The number of benzene rings is 1. The van der Waals surface area contributed by atoms with Gasteiger partial charge in [-0.2, -0.15) is 5.10 Å². The van der Waals surface area contributed by atoms with Crippen LogP contribution < -0.4 is 5.43 Å². The standard InChI is InChI=1S/C15H12IN3OS/c1-10(14-3-2-8-20-14)18-19-15-17-13(9-21-15)11-4-6-12(16)7-5-11/h2-9H,1H3,(H,17,19)/b18-10+. The lowest BCUT2D eigenvalue weighted by Crippen LogP contribution is -1.97. The molecule has 4 nitrogen and oxygen atoms in total. The summed E-state index contributed by atoms with van der Waals surface area (Å²) in [5.41, 5.74) is 5.80. The van der Waals surface area contributed by atoms with Crippen molar-refractivity contribution in [3.8, 4) is 11.3 Å². The van der Waals surface area contributed by atoms with Crippen LogP contribution in [0.25, 0.3) is 11.3 Å². The van der Waals surface area contributed by atoms with Gasteiger partial charge < -0.3 is 4.42 Å². The van der Waals surface area contributed by atoms with Gasteiger partial charge in [0.15, 0.2) is 0 Å². The number of hydrazone groups is 1. The Bertz CT molecular complexity index is 748. The third-order valence-electron chi connectivity index (χ3n) is 2.84. The molecule has 0 saturated heterocycles. The van der Waals surface area contributed by atoms with Crippen molar-refractivity contribution in [2.75, 3.05) is 5.43 Å². The molecule has 3 aromatic rings. The van der Waals surface area contributed by atoms with Crippen LogP contribution in [0.15, 0.2) is 57.6 Å². The van der Waals surface area contributed by atoms with Crippen LogP contribution in [0.1, 0.15) is 12.7 Å². The predicted molar refractivity (Wildman–Crippen MR) is 94.8 cm³/mol. The number of hydrogen-bond acceptors (Lipinski definition) is 5. The Morgan fingerprint density at radius 2 is 2.10 bits per heavy atom. The van der Waals surface area contributed by atoms with E-state index in [1.165, 1.54) is 14.9 Å². The van der Waals surface area contributed by atoms with Crippen molar-refractivity contribution >= 4 is 44.8 Å². The largest absolute Gasteiger partial charge is 0.463 e. The van der Waals surface area contributed by atoms with Crippen molar-refractivity contribution in [3.05, 3.63) is 57.4 Å². The number of nitrogens with zero attached hydrogens (tertiary/aromatic N) is 2. The van der Waals surface area contributed by atoms with Crippen LogP contribution in [-0.4, -0.2) is 10.7 Å². The fourth-order valence-electron chi connectivity index (χ4n) is 1.75. The first-order chi connectivity index (χ1) is 10.2. The van der Waals surface area contributed by atoms with Gasteiger partial charge in [0.2, 0.25) is 5.13 Å². The number of thiazole rings is 1. The molecule has 0 fully saturated rings. The molecule has 3 rings (SSSR count). The lowest BCUT2D eigenvalue weighted by atomic mass is 10.2. The van der Waals surface area contributed by atoms with E-state index in [9.17, 15) is 0 Å². The van der Waals surface area contributed by atoms with Gasteiger partial charge in [-0.15, -0.1) is 11.3 Å². The maximum atomic E-state index is 5.28. The maximum Gasteiger partial charge on any atom is 0.203 e. The highest BCUT2D eigenvalue weighted by Crippen LogP contribution is 2.25. The fourth-order valence-corrected chi connectivity index (χ4v) is 2.77. The Morgan fingerprint density at radius 3 is 2.81 bits per heavy atom. The van der Waals surface area contributed by atoms with Gasteiger partial charge in [-0.1, -0.05) is 12.1 Å². The number of hydrogen-bond donors (Lipinski definition) is 1. The number of furan rings is 1. The predicted octanol–water partition coefficient (Wildman–Crippen LogP) is 4.84. The van der Waals surface area contributed by atoms with E-state index in [0.29, 0.717) is 0 Å². The first-order valence-electron chi connectivity index (χ1n) is 6.28. The first kappa shape index (κ1) is 14.3. The van der Waals surface area contributed by atoms with E-state index in [0.717, 1.165) is 27.9 Å². The summed E-state index contributed by atoms with van der Waals surface area (Å²) in [6.45, 7) is 1.89. The quantitative estimate of drug-likeness (QED) is 0.381. The van der Waals surface area contributed by atoms with Gasteiger partial charge in [0.05, 0.1) is 12.0 Å². The molecule has 2 heterocycles. The molecule has 0 bridgehead atoms. The second-order valence-electron chi connectivity index (χ2n) is 4.33. The lowest BCUT2D eigenvalue weighted by molar-refractivity contribution is 0.557. The van der Waals surface area contributed by atoms with Gasteiger partial charge in [-0.3, -0.25) is 5.43 Å². The Morgan fingerprint density at radius 1 is 1.29 bits per heavy atom. The first-order valence-corrected chi connectivity index (χ1v) is 8.24. The Kier molecular flexibility index (Phi) is 4.35. The van der Waals surface area contributed by atoms with Crippen LogP contribution in [0.4, 0.5) is 5.13 Å². The fraction of sp³-hybridized carbons (Fsp3) is 0.0667. The molecular weight excluding hydrogens is 397 g/mol. The van der Waals surface area contributed by atoms with E-state index >= 15 is 0 Å². The van der Waals surface area contributed by atoms with Gasteiger partial charge in [0, 0.05) is 14.5 Å². The molecule has 0 unspecified atom stereocenters. The molecule has 1 N–H and O–H groups in total. The summed E-state index contributed by atoms with van der Waals surface area (Å²) in [7, 11) is 0. The molecule has 0 aliphatic heterocycles. The molecule has 106 valence electrons. The minimum atomic E-state index is 0.747. The van der Waals surface area contributed by atoms with E-state index < -0.39 is 0 Å². The van der Waals surface area contributed by atoms with Crippen molar-refractivity contribution in [2.45, 2.75) is 6.92 Å². The summed E-state index contributed by atoms with van der Waals surface area (Å²) >= 11 is 3.82. The lowest BCUT2D eigenvalue weighted by Gasteiger charge is -1.98. The topological polar surface area (TPSA) is 50.4 Å². The van der Waals surface area contributed by atoms with E-state index in [-0.39, 0.29) is 0 Å². The molecule has 0 saturated carbocycles. The van der Waals surface area contributed by atoms with Crippen molar-refractivity contribution in [1.82, 2.24) is 4.98 Å². The molecule has 0 radical (unpaired) electrons. The van der Waals surface area contributed by atoms with Crippen LogP contribution in [0.3, 0.4) is 0 Å². The average molecular weight is 409 g/mol. The van der Waals surface area contributed by atoms with Crippen molar-refractivity contribution in [3.63, 3.8) is 0 Å². The normalized spacial score (nSPS) is 11.6. The maximum absolute atomic E-state index is 5.28. The molecule has 0 aliphatic rings. The van der Waals surface area contributed by atoms with Gasteiger partial charge in [-0.25, -0.2) is 4.98 Å². The van der Waals surface area contributed by atoms with Crippen LogP contribution in [0.5, 0.6) is 0 Å². The zero-order valence-corrected chi connectivity index (χ0v) is 14.2. The Balaban J connectivity index is 1.73. The highest BCUT2D eigenvalue weighted by molar-refractivity contribution is 14.1. The molecule has 21 heavy (non-hydrogen) atoms. The number of aromatic nitrogens is 1. The third kappa shape index (κ3) is 3.51. The minimum absolute atomic E-state index is 0.747. The summed E-state index contributed by atoms with van der Waals surface area (Å²) in [5.74, 6) is 0.747. The van der Waals surface area contributed by atoms with Gasteiger partial charge >= 0.3 is 0 Å². The van der Waals surface area contributed by atoms with E-state index in [2.05, 4.69) is 62.4 Å². The zero-order valence-electron chi connectivity index (χ0n) is 11.2. The van der Waals surface area contributed by atoms with Crippen molar-refractivity contribution in [1.29, 1.82) is 0 Å². The number of rotatable bonds is 4. The van der Waals surface area contributed by atoms with E-state index in [1.807, 2.05) is 24.4 Å². The smallest absolute Gasteiger partial charge is 0.203 e. The summed E-state index contributed by atoms with van der Waals surface area (Å²) in [6, 6.07) is 12.0. The second kappa shape index (κ2) is 6.40. The molecule has 0 amide bonds. The van der Waals surface area contributed by atoms with Gasteiger partial charge in [-0.05, 0) is 53.8 Å². The van der Waals surface area contributed by atoms with Crippen LogP contribution in [0.2, 0.25) is 0 Å². The summed E-state index contributed by atoms with van der Waals surface area (Å²) < 4.78 is 6.49. The summed E-state index contributed by atoms with van der Waals surface area (Å²) in [5, 5.41) is 7.05. The van der Waals surface area contributed by atoms with Crippen molar-refractivity contribution in [2.24, 2.45) is 5.10 Å². The number of halogens is 1. The van der Waals surface area contributed by atoms with Crippen LogP contribution in [0, 0.1) is 3.57 Å². The molecular formula is C15H12IN3OS. The summed E-state index contributed by atoms with van der Waals surface area (Å²) in [6.07, 6.45) is 1.63. The third-order valence-corrected chi connectivity index (χ3v) is 4.31. The summed E-state index contributed by atoms with van der Waals surface area (Å²) in [4.78, 5) is 4.53. The number of nitrogens with one attached hydrogen (secondary N) is 1. The number of anilines is 1. The van der Waals surface area contributed by atoms with Crippen LogP contribution in [-0.2, 0) is 0 Å². The van der Waals surface area contributed by atoms with Crippen molar-refractivity contribution < 1.29 is 4.42 Å². The Hall–Kier alpha value is -1.67. The SMILES string of the molecule is C/C(=N\Nc1nc(-c2ccc(I)cc2)cs1)c1ccco1. The highest BCUT2D eigenvalue weighted by Gasteiger charge is 2.05. The Labute approximate surface area is 140 Å². The van der Waals surface area contributed by atoms with Gasteiger partial charge in [0.1, 0.15) is 11.5 Å². The zero-order chi connectivity index (χ0) is 14.7. The van der Waals surface area contributed by atoms with E-state index in [1.54, 1.807) is 6.26 Å². The molecule has 2 aromatic heterocycles. The second-order valence-corrected chi connectivity index (χ2v) is 6.43. The molecule has 1 aromatic carbocycles. The van der Waals surface area contributed by atoms with Crippen LogP contribution >= 0.6 is 33.9 Å². The molecule has 6 heteroatoms. The monoisotopic (exact) mass is 409 g/mol. The van der Waals surface area contributed by atoms with Gasteiger partial charge in [0.25, 0.3) is 0 Å². The molecule has 0 aliphatic carbocycles. The highest BCUT2D eigenvalue weighted by atomic mass is 127. The molecule has 0 atom stereocenters. The van der Waals surface area contributed by atoms with E-state index in [4.69, 9.17) is 4.42 Å². The average Bonchev–Trinajstić information content (AvgIpc) is 3.17. The minimum Gasteiger partial charge on any atom is -0.463 e. The molecule has 0 spiro atoms.